The minimum atomic E-state index is -0.261. The van der Waals surface area contributed by atoms with Gasteiger partial charge in [0.1, 0.15) is 0 Å². The second-order valence-electron chi connectivity index (χ2n) is 5.66. The Labute approximate surface area is 123 Å². The van der Waals surface area contributed by atoms with Crippen molar-refractivity contribution in [1.29, 1.82) is 0 Å². The van der Waals surface area contributed by atoms with E-state index in [0.29, 0.717) is 36.1 Å². The van der Waals surface area contributed by atoms with Gasteiger partial charge in [-0.3, -0.25) is 4.79 Å². The van der Waals surface area contributed by atoms with Crippen LogP contribution in [0.15, 0.2) is 18.2 Å². The van der Waals surface area contributed by atoms with Crippen molar-refractivity contribution in [3.63, 3.8) is 0 Å². The average molecular weight is 296 g/mol. The molecule has 2 unspecified atom stereocenters. The third-order valence-corrected chi connectivity index (χ3v) is 4.35. The number of Topliss-reactive ketones (excluding diaryl/α,β-unsaturated/α-hetero) is 1. The van der Waals surface area contributed by atoms with Gasteiger partial charge in [-0.25, -0.2) is 0 Å². The van der Waals surface area contributed by atoms with Gasteiger partial charge in [0.2, 0.25) is 0 Å². The zero-order chi connectivity index (χ0) is 14.2. The zero-order valence-electron chi connectivity index (χ0n) is 11.2. The van der Waals surface area contributed by atoms with E-state index in [9.17, 15) is 4.79 Å². The summed E-state index contributed by atoms with van der Waals surface area (Å²) in [5, 5.41) is 0.499. The summed E-state index contributed by atoms with van der Waals surface area (Å²) in [6, 6.07) is 5.03. The van der Waals surface area contributed by atoms with Crippen molar-refractivity contribution in [2.45, 2.75) is 24.9 Å². The molecule has 0 aromatic heterocycles. The highest BCUT2D eigenvalue weighted by atomic mass is 35.5. The lowest BCUT2D eigenvalue weighted by atomic mass is 9.81. The van der Waals surface area contributed by atoms with Crippen LogP contribution in [0.1, 0.15) is 29.6 Å². The van der Waals surface area contributed by atoms with Crippen molar-refractivity contribution >= 4 is 23.1 Å². The average Bonchev–Trinajstić information content (AvgIpc) is 2.85. The van der Waals surface area contributed by atoms with Crippen LogP contribution in [0.5, 0.6) is 0 Å². The van der Waals surface area contributed by atoms with Crippen LogP contribution in [0, 0.1) is 5.92 Å². The molecule has 1 aromatic rings. The number of rotatable bonds is 2. The van der Waals surface area contributed by atoms with Gasteiger partial charge < -0.3 is 15.2 Å². The minimum absolute atomic E-state index is 0.0386. The Morgan fingerprint density at radius 3 is 2.90 bits per heavy atom. The molecule has 2 aliphatic heterocycles. The molecule has 0 radical (unpaired) electrons. The molecular formula is C15H18ClNO3. The van der Waals surface area contributed by atoms with Crippen LogP contribution in [0.2, 0.25) is 5.02 Å². The Morgan fingerprint density at radius 1 is 1.35 bits per heavy atom. The van der Waals surface area contributed by atoms with Crippen LogP contribution in [-0.2, 0) is 9.47 Å². The summed E-state index contributed by atoms with van der Waals surface area (Å²) in [6.45, 7) is 1.91. The van der Waals surface area contributed by atoms with Gasteiger partial charge in [0.15, 0.2) is 5.78 Å². The van der Waals surface area contributed by atoms with Crippen LogP contribution in [-0.4, -0.2) is 31.2 Å². The number of nitrogen functional groups attached to an aromatic ring is 1. The molecule has 0 saturated carbocycles. The third-order valence-electron chi connectivity index (χ3n) is 4.14. The highest BCUT2D eigenvalue weighted by Crippen LogP contribution is 2.37. The van der Waals surface area contributed by atoms with Crippen molar-refractivity contribution in [2.24, 2.45) is 5.92 Å². The Morgan fingerprint density at radius 2 is 2.20 bits per heavy atom. The van der Waals surface area contributed by atoms with Crippen LogP contribution in [0.4, 0.5) is 5.69 Å². The minimum Gasteiger partial charge on any atom is -0.399 e. The highest BCUT2D eigenvalue weighted by molar-refractivity contribution is 6.31. The van der Waals surface area contributed by atoms with Crippen LogP contribution in [0.3, 0.4) is 0 Å². The molecule has 3 rings (SSSR count). The summed E-state index contributed by atoms with van der Waals surface area (Å²) in [4.78, 5) is 12.6. The standard InChI is InChI=1S/C15H18ClNO3/c16-12-5-11(6-13(17)7-12)14(18)10-1-3-20-15(8-10)2-4-19-9-15/h5-7,10H,1-4,8-9,17H2. The Hall–Kier alpha value is -1.10. The number of benzene rings is 1. The van der Waals surface area contributed by atoms with Gasteiger partial charge in [-0.1, -0.05) is 11.6 Å². The van der Waals surface area contributed by atoms with Gasteiger partial charge in [-0.15, -0.1) is 0 Å². The molecule has 2 N–H and O–H groups in total. The maximum absolute atomic E-state index is 12.6. The molecule has 0 amide bonds. The monoisotopic (exact) mass is 295 g/mol. The summed E-state index contributed by atoms with van der Waals surface area (Å²) in [5.41, 5.74) is 6.61. The Balaban J connectivity index is 1.79. The lowest BCUT2D eigenvalue weighted by molar-refractivity contribution is -0.0920. The maximum Gasteiger partial charge on any atom is 0.166 e. The molecule has 2 saturated heterocycles. The summed E-state index contributed by atoms with van der Waals surface area (Å²) in [6.07, 6.45) is 2.33. The first-order valence-corrected chi connectivity index (χ1v) is 7.28. The first-order valence-electron chi connectivity index (χ1n) is 6.90. The SMILES string of the molecule is Nc1cc(Cl)cc(C(=O)C2CCOC3(CCOC3)C2)c1. The number of carbonyl (C=O) groups excluding carboxylic acids is 1. The van der Waals surface area contributed by atoms with E-state index in [-0.39, 0.29) is 17.3 Å². The number of hydrogen-bond donors (Lipinski definition) is 1. The molecule has 2 heterocycles. The molecule has 2 atom stereocenters. The number of ether oxygens (including phenoxy) is 2. The molecule has 1 aromatic carbocycles. The van der Waals surface area contributed by atoms with E-state index in [4.69, 9.17) is 26.8 Å². The van der Waals surface area contributed by atoms with Crippen LogP contribution in [0.25, 0.3) is 0 Å². The number of ketones is 1. The van der Waals surface area contributed by atoms with Crippen LogP contribution < -0.4 is 5.73 Å². The third kappa shape index (κ3) is 2.68. The van der Waals surface area contributed by atoms with Gasteiger partial charge in [-0.05, 0) is 31.0 Å². The number of hydrogen-bond acceptors (Lipinski definition) is 4. The van der Waals surface area contributed by atoms with Gasteiger partial charge in [0.05, 0.1) is 12.2 Å². The molecule has 2 fully saturated rings. The van der Waals surface area contributed by atoms with Crippen molar-refractivity contribution in [3.05, 3.63) is 28.8 Å². The lowest BCUT2D eigenvalue weighted by Gasteiger charge is -2.36. The van der Waals surface area contributed by atoms with Crippen molar-refractivity contribution < 1.29 is 14.3 Å². The van der Waals surface area contributed by atoms with Gasteiger partial charge in [-0.2, -0.15) is 0 Å². The van der Waals surface area contributed by atoms with Gasteiger partial charge >= 0.3 is 0 Å². The zero-order valence-corrected chi connectivity index (χ0v) is 12.0. The first kappa shape index (κ1) is 13.9. The van der Waals surface area contributed by atoms with E-state index < -0.39 is 0 Å². The molecule has 4 nitrogen and oxygen atoms in total. The summed E-state index contributed by atoms with van der Waals surface area (Å²) >= 11 is 5.98. The maximum atomic E-state index is 12.6. The first-order chi connectivity index (χ1) is 9.58. The van der Waals surface area contributed by atoms with Crippen LogP contribution >= 0.6 is 11.6 Å². The van der Waals surface area contributed by atoms with Crippen molar-refractivity contribution in [2.75, 3.05) is 25.6 Å². The Kier molecular flexibility index (Phi) is 3.71. The second-order valence-corrected chi connectivity index (χ2v) is 6.10. The molecule has 0 aliphatic carbocycles. The molecule has 0 bridgehead atoms. The number of anilines is 1. The van der Waals surface area contributed by atoms with Gasteiger partial charge in [0.25, 0.3) is 0 Å². The topological polar surface area (TPSA) is 61.6 Å². The fourth-order valence-corrected chi connectivity index (χ4v) is 3.35. The molecule has 2 aliphatic rings. The Bertz CT molecular complexity index is 506. The molecule has 5 heteroatoms. The smallest absolute Gasteiger partial charge is 0.166 e. The van der Waals surface area contributed by atoms with E-state index in [1.54, 1.807) is 18.2 Å². The number of nitrogens with two attached hydrogens (primary N) is 1. The van der Waals surface area contributed by atoms with Crippen molar-refractivity contribution in [3.8, 4) is 0 Å². The van der Waals surface area contributed by atoms with Crippen molar-refractivity contribution in [1.82, 2.24) is 0 Å². The number of carbonyl (C=O) groups is 1. The highest BCUT2D eigenvalue weighted by Gasteiger charge is 2.43. The molecule has 108 valence electrons. The lowest BCUT2D eigenvalue weighted by Crippen LogP contribution is -2.42. The van der Waals surface area contributed by atoms with E-state index in [1.165, 1.54) is 0 Å². The largest absolute Gasteiger partial charge is 0.399 e. The predicted molar refractivity (Wildman–Crippen MR) is 77.0 cm³/mol. The summed E-state index contributed by atoms with van der Waals surface area (Å²) in [5.74, 6) is 0.0668. The second kappa shape index (κ2) is 5.35. The number of halogens is 1. The summed E-state index contributed by atoms with van der Waals surface area (Å²) < 4.78 is 11.3. The molecular weight excluding hydrogens is 278 g/mol. The van der Waals surface area contributed by atoms with E-state index in [1.807, 2.05) is 0 Å². The van der Waals surface area contributed by atoms with E-state index >= 15 is 0 Å². The predicted octanol–water partition coefficient (Wildman–Crippen LogP) is 2.69. The fraction of sp³-hybridized carbons (Fsp3) is 0.533. The quantitative estimate of drug-likeness (QED) is 0.673. The van der Waals surface area contributed by atoms with E-state index in [2.05, 4.69) is 0 Å². The van der Waals surface area contributed by atoms with E-state index in [0.717, 1.165) is 19.3 Å². The molecule has 20 heavy (non-hydrogen) atoms. The summed E-state index contributed by atoms with van der Waals surface area (Å²) in [7, 11) is 0. The fourth-order valence-electron chi connectivity index (χ4n) is 3.11. The molecule has 1 spiro atoms. The van der Waals surface area contributed by atoms with Gasteiger partial charge in [0, 0.05) is 41.8 Å². The normalized spacial score (nSPS) is 29.8.